The fourth-order valence-electron chi connectivity index (χ4n) is 4.15. The van der Waals surface area contributed by atoms with Crippen molar-refractivity contribution in [2.75, 3.05) is 44.7 Å². The number of aliphatic imine (C=N–C) groups is 1. The number of hydrogen-bond acceptors (Lipinski definition) is 6. The Balaban J connectivity index is 1.44. The maximum absolute atomic E-state index is 4.71. The number of benzene rings is 2. The molecule has 0 atom stereocenters. The van der Waals surface area contributed by atoms with Gasteiger partial charge in [0.1, 0.15) is 0 Å². The lowest BCUT2D eigenvalue weighted by atomic mass is 10.0. The average molecular weight is 411 g/mol. The van der Waals surface area contributed by atoms with Gasteiger partial charge < -0.3 is 14.7 Å². The Morgan fingerprint density at radius 1 is 0.742 bits per heavy atom. The highest BCUT2D eigenvalue weighted by Crippen LogP contribution is 2.32. The smallest absolute Gasteiger partial charge is 0.201 e. The van der Waals surface area contributed by atoms with Gasteiger partial charge in [0.25, 0.3) is 0 Å². The van der Waals surface area contributed by atoms with Crippen molar-refractivity contribution in [2.45, 2.75) is 0 Å². The first kappa shape index (κ1) is 19.3. The molecule has 6 nitrogen and oxygen atoms in total. The molecule has 1 aromatic heterocycles. The van der Waals surface area contributed by atoms with Gasteiger partial charge in [0.15, 0.2) is 5.82 Å². The van der Waals surface area contributed by atoms with E-state index in [0.29, 0.717) is 0 Å². The highest BCUT2D eigenvalue weighted by molar-refractivity contribution is 5.82. The van der Waals surface area contributed by atoms with Crippen LogP contribution >= 0.6 is 0 Å². The summed E-state index contributed by atoms with van der Waals surface area (Å²) in [5, 5.41) is 9.30. The molecule has 0 amide bonds. The van der Waals surface area contributed by atoms with Crippen LogP contribution in [0.2, 0.25) is 0 Å². The summed E-state index contributed by atoms with van der Waals surface area (Å²) in [6.45, 7) is 4.50. The predicted molar refractivity (Wildman–Crippen MR) is 126 cm³/mol. The highest BCUT2D eigenvalue weighted by Gasteiger charge is 2.25. The molecular weight excluding hydrogens is 384 g/mol. The van der Waals surface area contributed by atoms with Gasteiger partial charge in [-0.2, -0.15) is 0 Å². The van der Waals surface area contributed by atoms with E-state index in [1.54, 1.807) is 0 Å². The molecule has 2 aliphatic heterocycles. The molecule has 0 unspecified atom stereocenters. The van der Waals surface area contributed by atoms with Crippen molar-refractivity contribution in [1.82, 2.24) is 20.0 Å². The lowest BCUT2D eigenvalue weighted by Crippen LogP contribution is -2.53. The lowest BCUT2D eigenvalue weighted by Gasteiger charge is -2.40. The normalized spacial score (nSPS) is 16.4. The number of piperazine rings is 1. The molecule has 2 aromatic carbocycles. The number of rotatable bonds is 3. The topological polar surface area (TPSA) is 47.9 Å². The maximum Gasteiger partial charge on any atom is 0.201 e. The Labute approximate surface area is 183 Å². The monoisotopic (exact) mass is 410 g/mol. The first-order valence-electron chi connectivity index (χ1n) is 10.7. The molecule has 6 heteroatoms. The number of anilines is 1. The molecule has 0 saturated carbocycles. The van der Waals surface area contributed by atoms with Crippen molar-refractivity contribution in [3.8, 4) is 22.4 Å². The van der Waals surface area contributed by atoms with Gasteiger partial charge in [0.2, 0.25) is 5.96 Å². The summed E-state index contributed by atoms with van der Waals surface area (Å²) >= 11 is 0. The van der Waals surface area contributed by atoms with E-state index in [4.69, 9.17) is 5.10 Å². The van der Waals surface area contributed by atoms with Crippen molar-refractivity contribution in [3.63, 3.8) is 0 Å². The first-order chi connectivity index (χ1) is 15.3. The number of nitrogens with zero attached hydrogens (tertiary/aromatic N) is 6. The van der Waals surface area contributed by atoms with E-state index < -0.39 is 0 Å². The Kier molecular flexibility index (Phi) is 5.35. The molecule has 31 heavy (non-hydrogen) atoms. The summed E-state index contributed by atoms with van der Waals surface area (Å²) in [5.41, 5.74) is 4.26. The second-order valence-corrected chi connectivity index (χ2v) is 7.87. The minimum atomic E-state index is 0.885. The Morgan fingerprint density at radius 3 is 2.06 bits per heavy atom. The zero-order valence-corrected chi connectivity index (χ0v) is 17.7. The third-order valence-corrected chi connectivity index (χ3v) is 5.81. The van der Waals surface area contributed by atoms with Gasteiger partial charge in [-0.1, -0.05) is 60.7 Å². The SMILES string of the molecule is CN1CC=CN=C1N1CCN(c2nnc(-c3ccccc3)cc2-c2ccccc2)CC1. The number of hydrogen-bond donors (Lipinski definition) is 0. The lowest BCUT2D eigenvalue weighted by molar-refractivity contribution is 0.332. The number of likely N-dealkylation sites (N-methyl/N-ethyl adjacent to an activating group) is 1. The minimum Gasteiger partial charge on any atom is -0.351 e. The average Bonchev–Trinajstić information content (AvgIpc) is 2.85. The molecule has 0 N–H and O–H groups in total. The molecule has 1 fully saturated rings. The van der Waals surface area contributed by atoms with E-state index >= 15 is 0 Å². The van der Waals surface area contributed by atoms with Gasteiger partial charge in [-0.15, -0.1) is 10.2 Å². The van der Waals surface area contributed by atoms with Crippen LogP contribution in [0.3, 0.4) is 0 Å². The van der Waals surface area contributed by atoms with E-state index in [1.807, 2.05) is 30.5 Å². The molecule has 3 heterocycles. The van der Waals surface area contributed by atoms with Crippen LogP contribution < -0.4 is 4.90 Å². The van der Waals surface area contributed by atoms with Crippen molar-refractivity contribution in [3.05, 3.63) is 79.0 Å². The summed E-state index contributed by atoms with van der Waals surface area (Å²) in [4.78, 5) is 11.5. The Bertz CT molecular complexity index is 1090. The van der Waals surface area contributed by atoms with Crippen molar-refractivity contribution in [1.29, 1.82) is 0 Å². The van der Waals surface area contributed by atoms with Crippen molar-refractivity contribution >= 4 is 11.8 Å². The first-order valence-corrected chi connectivity index (χ1v) is 10.7. The van der Waals surface area contributed by atoms with Crippen LogP contribution in [0.5, 0.6) is 0 Å². The largest absolute Gasteiger partial charge is 0.351 e. The molecular formula is C25H26N6. The Hall–Kier alpha value is -3.67. The highest BCUT2D eigenvalue weighted by atomic mass is 15.4. The van der Waals surface area contributed by atoms with Gasteiger partial charge >= 0.3 is 0 Å². The van der Waals surface area contributed by atoms with Crippen LogP contribution in [0.4, 0.5) is 5.82 Å². The number of guanidine groups is 1. The van der Waals surface area contributed by atoms with Crippen LogP contribution in [0, 0.1) is 0 Å². The van der Waals surface area contributed by atoms with Crippen LogP contribution in [0.15, 0.2) is 84.0 Å². The summed E-state index contributed by atoms with van der Waals surface area (Å²) in [6, 6.07) is 22.9. The van der Waals surface area contributed by atoms with Crippen molar-refractivity contribution < 1.29 is 0 Å². The maximum atomic E-state index is 4.71. The summed E-state index contributed by atoms with van der Waals surface area (Å²) in [6.07, 6.45) is 3.98. The van der Waals surface area contributed by atoms with Crippen LogP contribution in [-0.2, 0) is 0 Å². The Morgan fingerprint density at radius 2 is 1.39 bits per heavy atom. The van der Waals surface area contributed by atoms with Gasteiger partial charge in [-0.3, -0.25) is 0 Å². The third-order valence-electron chi connectivity index (χ3n) is 5.81. The van der Waals surface area contributed by atoms with E-state index in [0.717, 1.165) is 66.9 Å². The van der Waals surface area contributed by atoms with E-state index in [-0.39, 0.29) is 0 Å². The van der Waals surface area contributed by atoms with E-state index in [2.05, 4.69) is 80.4 Å². The minimum absolute atomic E-state index is 0.885. The zero-order valence-electron chi connectivity index (χ0n) is 17.7. The van der Waals surface area contributed by atoms with Gasteiger partial charge in [0.05, 0.1) is 5.69 Å². The quantitative estimate of drug-likeness (QED) is 0.658. The molecule has 0 spiro atoms. The van der Waals surface area contributed by atoms with Crippen LogP contribution in [-0.4, -0.2) is 65.7 Å². The second kappa shape index (κ2) is 8.60. The van der Waals surface area contributed by atoms with E-state index in [9.17, 15) is 0 Å². The molecule has 0 bridgehead atoms. The third kappa shape index (κ3) is 4.01. The number of aromatic nitrogens is 2. The van der Waals surface area contributed by atoms with Crippen molar-refractivity contribution in [2.24, 2.45) is 4.99 Å². The molecule has 1 saturated heterocycles. The standard InChI is InChI=1S/C25H26N6/c1-29-14-8-13-26-25(29)31-17-15-30(16-18-31)24-22(20-9-4-2-5-10-20)19-23(27-28-24)21-11-6-3-7-12-21/h2-13,19H,14-18H2,1H3. The van der Waals surface area contributed by atoms with Gasteiger partial charge in [-0.25, -0.2) is 4.99 Å². The zero-order chi connectivity index (χ0) is 21.0. The molecule has 5 rings (SSSR count). The fourth-order valence-corrected chi connectivity index (χ4v) is 4.15. The predicted octanol–water partition coefficient (Wildman–Crippen LogP) is 3.75. The molecule has 0 aliphatic carbocycles. The van der Waals surface area contributed by atoms with E-state index in [1.165, 1.54) is 0 Å². The summed E-state index contributed by atoms with van der Waals surface area (Å²) < 4.78 is 0. The molecule has 3 aromatic rings. The summed E-state index contributed by atoms with van der Waals surface area (Å²) in [7, 11) is 2.09. The fraction of sp³-hybridized carbons (Fsp3) is 0.240. The van der Waals surface area contributed by atoms with Gasteiger partial charge in [0, 0.05) is 57.1 Å². The molecule has 2 aliphatic rings. The van der Waals surface area contributed by atoms with Crippen LogP contribution in [0.25, 0.3) is 22.4 Å². The van der Waals surface area contributed by atoms with Crippen LogP contribution in [0.1, 0.15) is 0 Å². The molecule has 156 valence electrons. The summed E-state index contributed by atoms with van der Waals surface area (Å²) in [5.74, 6) is 2.00. The molecule has 0 radical (unpaired) electrons. The van der Waals surface area contributed by atoms with Gasteiger partial charge in [-0.05, 0) is 17.7 Å². The second-order valence-electron chi connectivity index (χ2n) is 7.87.